The van der Waals surface area contributed by atoms with Gasteiger partial charge in [-0.05, 0) is 31.4 Å². The highest BCUT2D eigenvalue weighted by Gasteiger charge is 2.54. The summed E-state index contributed by atoms with van der Waals surface area (Å²) in [5.41, 5.74) is 0.966. The van der Waals surface area contributed by atoms with Gasteiger partial charge in [0, 0.05) is 17.5 Å². The van der Waals surface area contributed by atoms with Crippen LogP contribution >= 0.6 is 0 Å². The molecule has 2 bridgehead atoms. The molecule has 0 unspecified atom stereocenters. The number of ketones is 1. The van der Waals surface area contributed by atoms with Gasteiger partial charge in [-0.25, -0.2) is 0 Å². The van der Waals surface area contributed by atoms with Gasteiger partial charge in [0.15, 0.2) is 5.78 Å². The Morgan fingerprint density at radius 3 is 2.42 bits per heavy atom. The summed E-state index contributed by atoms with van der Waals surface area (Å²) in [6.07, 6.45) is 3.87. The van der Waals surface area contributed by atoms with Crippen molar-refractivity contribution in [3.05, 3.63) is 71.8 Å². The first-order chi connectivity index (χ1) is 11.8. The largest absolute Gasteiger partial charge is 0.373 e. The lowest BCUT2D eigenvalue weighted by Crippen LogP contribution is -2.38. The van der Waals surface area contributed by atoms with Gasteiger partial charge in [-0.3, -0.25) is 4.79 Å². The molecular weight excluding hydrogens is 296 g/mol. The minimum atomic E-state index is -0.710. The van der Waals surface area contributed by atoms with Crippen molar-refractivity contribution in [3.8, 4) is 11.8 Å². The van der Waals surface area contributed by atoms with Crippen molar-refractivity contribution in [2.45, 2.75) is 37.9 Å². The molecule has 0 spiro atoms. The van der Waals surface area contributed by atoms with Gasteiger partial charge in [-0.2, -0.15) is 0 Å². The molecular formula is C22H20O2. The second-order valence-corrected chi connectivity index (χ2v) is 6.66. The number of hydrogen-bond acceptors (Lipinski definition) is 2. The summed E-state index contributed by atoms with van der Waals surface area (Å²) < 4.78 is 6.12. The van der Waals surface area contributed by atoms with Crippen molar-refractivity contribution >= 4 is 5.78 Å². The van der Waals surface area contributed by atoms with Crippen LogP contribution in [0.5, 0.6) is 0 Å². The van der Waals surface area contributed by atoms with Crippen LogP contribution < -0.4 is 0 Å². The lowest BCUT2D eigenvalue weighted by molar-refractivity contribution is -0.0103. The van der Waals surface area contributed by atoms with Crippen LogP contribution in [0.15, 0.2) is 60.7 Å². The van der Waals surface area contributed by atoms with Gasteiger partial charge in [0.05, 0.1) is 12.2 Å². The van der Waals surface area contributed by atoms with E-state index in [1.807, 2.05) is 60.7 Å². The predicted octanol–water partition coefficient (Wildman–Crippen LogP) is 4.25. The molecule has 2 aliphatic rings. The molecule has 4 rings (SSSR count). The zero-order valence-electron chi connectivity index (χ0n) is 13.6. The molecule has 2 fully saturated rings. The molecule has 0 aliphatic carbocycles. The highest BCUT2D eigenvalue weighted by atomic mass is 16.5. The molecule has 2 aromatic carbocycles. The second-order valence-electron chi connectivity index (χ2n) is 6.66. The standard InChI is InChI=1S/C22H20O2/c23-21(18-10-5-2-6-11-18)22(15-14-17-8-3-1-4-9-17)16-19-12-7-13-20(22)24-19/h1-6,8-11,19-20H,7,12-13,16H2/t19-,20+,22-/m1/s1. The van der Waals surface area contributed by atoms with E-state index in [-0.39, 0.29) is 18.0 Å². The number of carbonyl (C=O) groups excluding carboxylic acids is 1. The third-order valence-electron chi connectivity index (χ3n) is 5.09. The van der Waals surface area contributed by atoms with Gasteiger partial charge in [-0.15, -0.1) is 0 Å². The quantitative estimate of drug-likeness (QED) is 0.611. The maximum Gasteiger partial charge on any atom is 0.183 e. The Morgan fingerprint density at radius 1 is 1.00 bits per heavy atom. The molecule has 2 saturated heterocycles. The molecule has 2 aliphatic heterocycles. The fourth-order valence-electron chi connectivity index (χ4n) is 3.88. The number of fused-ring (bicyclic) bond motifs is 2. The SMILES string of the molecule is O=C(c1ccccc1)[C@]1(C#Cc2ccccc2)C[C@H]2CCC[C@@H]1O2. The minimum Gasteiger partial charge on any atom is -0.373 e. The van der Waals surface area contributed by atoms with Gasteiger partial charge in [0.2, 0.25) is 0 Å². The number of carbonyl (C=O) groups is 1. The van der Waals surface area contributed by atoms with Crippen molar-refractivity contribution in [2.24, 2.45) is 5.41 Å². The Morgan fingerprint density at radius 2 is 1.71 bits per heavy atom. The van der Waals surface area contributed by atoms with E-state index in [1.165, 1.54) is 0 Å². The van der Waals surface area contributed by atoms with Gasteiger partial charge < -0.3 is 4.74 Å². The zero-order chi connectivity index (χ0) is 16.4. The summed E-state index contributed by atoms with van der Waals surface area (Å²) in [4.78, 5) is 13.4. The minimum absolute atomic E-state index is 0.0832. The van der Waals surface area contributed by atoms with E-state index in [0.717, 1.165) is 30.4 Å². The van der Waals surface area contributed by atoms with Crippen LogP contribution in [0, 0.1) is 17.3 Å². The fourth-order valence-corrected chi connectivity index (χ4v) is 3.88. The number of ether oxygens (including phenoxy) is 1. The molecule has 2 heterocycles. The van der Waals surface area contributed by atoms with Gasteiger partial charge >= 0.3 is 0 Å². The van der Waals surface area contributed by atoms with Crippen LogP contribution in [0.3, 0.4) is 0 Å². The molecule has 0 radical (unpaired) electrons. The number of rotatable bonds is 2. The Hall–Kier alpha value is -2.37. The summed E-state index contributed by atoms with van der Waals surface area (Å²) in [6.45, 7) is 0. The summed E-state index contributed by atoms with van der Waals surface area (Å²) in [6, 6.07) is 19.4. The summed E-state index contributed by atoms with van der Waals surface area (Å²) in [7, 11) is 0. The first-order valence-corrected chi connectivity index (χ1v) is 8.61. The lowest BCUT2D eigenvalue weighted by Gasteiger charge is -2.28. The molecule has 0 amide bonds. The lowest BCUT2D eigenvalue weighted by atomic mass is 9.74. The summed E-state index contributed by atoms with van der Waals surface area (Å²) >= 11 is 0. The van der Waals surface area contributed by atoms with Crippen molar-refractivity contribution in [2.75, 3.05) is 0 Å². The molecule has 2 aromatic rings. The van der Waals surface area contributed by atoms with Gasteiger partial charge in [-0.1, -0.05) is 60.4 Å². The number of benzene rings is 2. The Labute approximate surface area is 142 Å². The smallest absolute Gasteiger partial charge is 0.183 e. The Balaban J connectivity index is 1.76. The van der Waals surface area contributed by atoms with Crippen LogP contribution in [-0.2, 0) is 4.74 Å². The van der Waals surface area contributed by atoms with E-state index in [0.29, 0.717) is 6.42 Å². The molecule has 3 atom stereocenters. The average molecular weight is 316 g/mol. The second kappa shape index (κ2) is 6.26. The topological polar surface area (TPSA) is 26.3 Å². The van der Waals surface area contributed by atoms with Gasteiger partial charge in [0.1, 0.15) is 5.41 Å². The van der Waals surface area contributed by atoms with Crippen molar-refractivity contribution < 1.29 is 9.53 Å². The molecule has 24 heavy (non-hydrogen) atoms. The van der Waals surface area contributed by atoms with Crippen molar-refractivity contribution in [1.29, 1.82) is 0 Å². The Kier molecular flexibility index (Phi) is 3.96. The highest BCUT2D eigenvalue weighted by Crippen LogP contribution is 2.47. The summed E-state index contributed by atoms with van der Waals surface area (Å²) in [5, 5.41) is 0. The van der Waals surface area contributed by atoms with Crippen LogP contribution in [0.2, 0.25) is 0 Å². The van der Waals surface area contributed by atoms with E-state index in [4.69, 9.17) is 4.74 Å². The third-order valence-corrected chi connectivity index (χ3v) is 5.09. The molecule has 2 heteroatoms. The van der Waals surface area contributed by atoms with Crippen molar-refractivity contribution in [3.63, 3.8) is 0 Å². The molecule has 0 saturated carbocycles. The molecule has 0 N–H and O–H groups in total. The van der Waals surface area contributed by atoms with Gasteiger partial charge in [0.25, 0.3) is 0 Å². The summed E-state index contributed by atoms with van der Waals surface area (Å²) in [5.74, 6) is 6.71. The monoisotopic (exact) mass is 316 g/mol. The first-order valence-electron chi connectivity index (χ1n) is 8.61. The van der Waals surface area contributed by atoms with E-state index in [1.54, 1.807) is 0 Å². The maximum atomic E-state index is 13.4. The zero-order valence-corrected chi connectivity index (χ0v) is 13.6. The Bertz CT molecular complexity index is 785. The number of Topliss-reactive ketones (excluding diaryl/α,β-unsaturated/α-hetero) is 1. The van der Waals surface area contributed by atoms with Crippen LogP contribution in [0.1, 0.15) is 41.6 Å². The van der Waals surface area contributed by atoms with Crippen molar-refractivity contribution in [1.82, 2.24) is 0 Å². The van der Waals surface area contributed by atoms with E-state index in [9.17, 15) is 4.79 Å². The molecule has 2 nitrogen and oxygen atoms in total. The predicted molar refractivity (Wildman–Crippen MR) is 93.7 cm³/mol. The third kappa shape index (κ3) is 2.66. The van der Waals surface area contributed by atoms with Crippen LogP contribution in [-0.4, -0.2) is 18.0 Å². The van der Waals surface area contributed by atoms with Crippen LogP contribution in [0.25, 0.3) is 0 Å². The fraction of sp³-hybridized carbons (Fsp3) is 0.318. The van der Waals surface area contributed by atoms with E-state index < -0.39 is 5.41 Å². The van der Waals surface area contributed by atoms with E-state index >= 15 is 0 Å². The molecule has 120 valence electrons. The number of hydrogen-bond donors (Lipinski definition) is 0. The van der Waals surface area contributed by atoms with Crippen LogP contribution in [0.4, 0.5) is 0 Å². The maximum absolute atomic E-state index is 13.4. The molecule has 0 aromatic heterocycles. The highest BCUT2D eigenvalue weighted by molar-refractivity contribution is 6.03. The van der Waals surface area contributed by atoms with E-state index in [2.05, 4.69) is 11.8 Å². The average Bonchev–Trinajstić information content (AvgIpc) is 2.91. The first kappa shape index (κ1) is 15.2. The normalized spacial score (nSPS) is 28.0.